The quantitative estimate of drug-likeness (QED) is 0.617. The lowest BCUT2D eigenvalue weighted by Crippen LogP contribution is -2.40. The number of methoxy groups -OCH3 is 1. The topological polar surface area (TPSA) is 90.7 Å². The van der Waals surface area contributed by atoms with E-state index in [2.05, 4.69) is 4.72 Å². The van der Waals surface area contributed by atoms with Crippen LogP contribution in [0.3, 0.4) is 0 Å². The molecule has 138 valence electrons. The number of unbranched alkanes of at least 4 members (excludes halogenated alkanes) is 1. The summed E-state index contributed by atoms with van der Waals surface area (Å²) in [7, 11) is -2.24. The zero-order valence-corrected chi connectivity index (χ0v) is 16.0. The third-order valence-electron chi connectivity index (χ3n) is 3.44. The molecule has 0 aliphatic carbocycles. The Bertz CT molecular complexity index is 610. The summed E-state index contributed by atoms with van der Waals surface area (Å²) in [5.41, 5.74) is 5.69. The minimum Gasteiger partial charge on any atom is -0.487 e. The Balaban J connectivity index is 3.05. The van der Waals surface area contributed by atoms with Gasteiger partial charge in [0.25, 0.3) is 0 Å². The minimum absolute atomic E-state index is 0.00732. The summed E-state index contributed by atoms with van der Waals surface area (Å²) in [5.74, 6) is 0.239. The van der Waals surface area contributed by atoms with Crippen LogP contribution >= 0.6 is 11.6 Å². The fourth-order valence-corrected chi connectivity index (χ4v) is 3.91. The molecule has 24 heavy (non-hydrogen) atoms. The number of halogens is 1. The summed E-state index contributed by atoms with van der Waals surface area (Å²) >= 11 is 5.98. The van der Waals surface area contributed by atoms with Crippen molar-refractivity contribution in [1.82, 2.24) is 4.72 Å². The van der Waals surface area contributed by atoms with Crippen LogP contribution < -0.4 is 15.2 Å². The zero-order valence-electron chi connectivity index (χ0n) is 14.4. The second-order valence-electron chi connectivity index (χ2n) is 5.67. The average Bonchev–Trinajstić information content (AvgIpc) is 2.53. The Morgan fingerprint density at radius 3 is 2.67 bits per heavy atom. The maximum atomic E-state index is 12.7. The normalized spacial score (nSPS) is 14.4. The largest absolute Gasteiger partial charge is 0.487 e. The molecule has 0 amide bonds. The van der Waals surface area contributed by atoms with Gasteiger partial charge in [-0.3, -0.25) is 0 Å². The van der Waals surface area contributed by atoms with Crippen LogP contribution in [0.25, 0.3) is 0 Å². The first kappa shape index (κ1) is 21.2. The molecule has 0 fully saturated rings. The number of nitrogens with two attached hydrogens (primary N) is 1. The zero-order chi connectivity index (χ0) is 18.2. The van der Waals surface area contributed by atoms with E-state index in [1.165, 1.54) is 6.07 Å². The van der Waals surface area contributed by atoms with Gasteiger partial charge in [0.05, 0.1) is 6.61 Å². The van der Waals surface area contributed by atoms with E-state index in [9.17, 15) is 8.42 Å². The number of sulfonamides is 1. The van der Waals surface area contributed by atoms with Crippen LogP contribution in [-0.2, 0) is 14.8 Å². The SMILES string of the molecule is CCCCC(CN)NS(=O)(=O)c1cc(Cl)ccc1OC(C)COC. The molecule has 3 N–H and O–H groups in total. The maximum absolute atomic E-state index is 12.7. The molecule has 0 spiro atoms. The van der Waals surface area contributed by atoms with Crippen LogP contribution in [0.4, 0.5) is 0 Å². The molecular weight excluding hydrogens is 352 g/mol. The van der Waals surface area contributed by atoms with E-state index in [1.54, 1.807) is 26.2 Å². The Morgan fingerprint density at radius 2 is 2.08 bits per heavy atom. The van der Waals surface area contributed by atoms with Crippen molar-refractivity contribution in [1.29, 1.82) is 0 Å². The highest BCUT2D eigenvalue weighted by Crippen LogP contribution is 2.28. The van der Waals surface area contributed by atoms with Gasteiger partial charge >= 0.3 is 0 Å². The molecule has 0 radical (unpaired) electrons. The third kappa shape index (κ3) is 6.57. The first-order chi connectivity index (χ1) is 11.3. The van der Waals surface area contributed by atoms with Crippen LogP contribution in [0.5, 0.6) is 5.75 Å². The summed E-state index contributed by atoms with van der Waals surface area (Å²) in [6.07, 6.45) is 2.26. The number of hydrogen-bond acceptors (Lipinski definition) is 5. The molecule has 0 aliphatic rings. The van der Waals surface area contributed by atoms with Gasteiger partial charge in [-0.05, 0) is 31.5 Å². The molecule has 1 aromatic carbocycles. The lowest BCUT2D eigenvalue weighted by Gasteiger charge is -2.20. The van der Waals surface area contributed by atoms with Gasteiger partial charge in [-0.2, -0.15) is 0 Å². The number of ether oxygens (including phenoxy) is 2. The summed E-state index contributed by atoms with van der Waals surface area (Å²) in [4.78, 5) is 0.00732. The lowest BCUT2D eigenvalue weighted by molar-refractivity contribution is 0.0901. The lowest BCUT2D eigenvalue weighted by atomic mass is 10.1. The summed E-state index contributed by atoms with van der Waals surface area (Å²) < 4.78 is 38.8. The van der Waals surface area contributed by atoms with Crippen molar-refractivity contribution in [2.24, 2.45) is 5.73 Å². The first-order valence-corrected chi connectivity index (χ1v) is 9.87. The van der Waals surface area contributed by atoms with E-state index >= 15 is 0 Å². The van der Waals surface area contributed by atoms with Gasteiger partial charge in [0.1, 0.15) is 16.7 Å². The van der Waals surface area contributed by atoms with E-state index in [0.717, 1.165) is 12.8 Å². The molecule has 0 saturated carbocycles. The molecule has 6 nitrogen and oxygen atoms in total. The number of rotatable bonds is 11. The fourth-order valence-electron chi connectivity index (χ4n) is 2.23. The van der Waals surface area contributed by atoms with Crippen molar-refractivity contribution in [3.05, 3.63) is 23.2 Å². The second kappa shape index (κ2) is 10.2. The molecule has 0 saturated heterocycles. The van der Waals surface area contributed by atoms with Gasteiger partial charge in [0.2, 0.25) is 10.0 Å². The van der Waals surface area contributed by atoms with Gasteiger partial charge in [-0.1, -0.05) is 31.4 Å². The minimum atomic E-state index is -3.80. The Labute approximate surface area is 149 Å². The van der Waals surface area contributed by atoms with Crippen LogP contribution in [-0.4, -0.2) is 40.8 Å². The van der Waals surface area contributed by atoms with E-state index in [0.29, 0.717) is 18.1 Å². The van der Waals surface area contributed by atoms with Crippen LogP contribution in [0.1, 0.15) is 33.1 Å². The molecule has 1 aromatic rings. The highest BCUT2D eigenvalue weighted by Gasteiger charge is 2.24. The Kier molecular flexibility index (Phi) is 9.01. The first-order valence-electron chi connectivity index (χ1n) is 8.01. The fraction of sp³-hybridized carbons (Fsp3) is 0.625. The van der Waals surface area contributed by atoms with Crippen molar-refractivity contribution < 1.29 is 17.9 Å². The molecule has 2 unspecified atom stereocenters. The highest BCUT2D eigenvalue weighted by molar-refractivity contribution is 7.89. The molecule has 0 aliphatic heterocycles. The van der Waals surface area contributed by atoms with Crippen LogP contribution in [0, 0.1) is 0 Å². The highest BCUT2D eigenvalue weighted by atomic mass is 35.5. The summed E-state index contributed by atoms with van der Waals surface area (Å²) in [5, 5.41) is 0.319. The van der Waals surface area contributed by atoms with E-state index in [1.807, 2.05) is 6.92 Å². The maximum Gasteiger partial charge on any atom is 0.244 e. The van der Waals surface area contributed by atoms with Crippen molar-refractivity contribution in [3.8, 4) is 5.75 Å². The standard InChI is InChI=1S/C16H27ClN2O4S/c1-4-5-6-14(10-18)19-24(20,21)16-9-13(17)7-8-15(16)23-12(2)11-22-3/h7-9,12,14,19H,4-6,10-11,18H2,1-3H3. The molecule has 0 aromatic heterocycles. The predicted octanol–water partition coefficient (Wildman–Crippen LogP) is 2.55. The molecule has 8 heteroatoms. The molecule has 0 bridgehead atoms. The summed E-state index contributed by atoms with van der Waals surface area (Å²) in [6.45, 7) is 4.42. The molecule has 0 heterocycles. The number of nitrogens with one attached hydrogen (secondary N) is 1. The van der Waals surface area contributed by atoms with Crippen LogP contribution in [0.2, 0.25) is 5.02 Å². The van der Waals surface area contributed by atoms with Crippen molar-refractivity contribution >= 4 is 21.6 Å². The molecule has 2 atom stereocenters. The smallest absolute Gasteiger partial charge is 0.244 e. The van der Waals surface area contributed by atoms with Gasteiger partial charge in [-0.25, -0.2) is 13.1 Å². The molecular formula is C16H27ClN2O4S. The van der Waals surface area contributed by atoms with Crippen molar-refractivity contribution in [2.45, 2.75) is 50.2 Å². The van der Waals surface area contributed by atoms with Gasteiger partial charge in [-0.15, -0.1) is 0 Å². The van der Waals surface area contributed by atoms with Crippen molar-refractivity contribution in [2.75, 3.05) is 20.3 Å². The summed E-state index contributed by atoms with van der Waals surface area (Å²) in [6, 6.07) is 4.20. The number of benzene rings is 1. The Morgan fingerprint density at radius 1 is 1.38 bits per heavy atom. The monoisotopic (exact) mass is 378 g/mol. The van der Waals surface area contributed by atoms with E-state index in [4.69, 9.17) is 26.8 Å². The van der Waals surface area contributed by atoms with Gasteiger partial charge < -0.3 is 15.2 Å². The van der Waals surface area contributed by atoms with Gasteiger partial charge in [0.15, 0.2) is 0 Å². The van der Waals surface area contributed by atoms with Gasteiger partial charge in [0, 0.05) is 24.7 Å². The number of hydrogen-bond donors (Lipinski definition) is 2. The van der Waals surface area contributed by atoms with E-state index < -0.39 is 10.0 Å². The second-order valence-corrected chi connectivity index (χ2v) is 7.79. The van der Waals surface area contributed by atoms with E-state index in [-0.39, 0.29) is 29.3 Å². The van der Waals surface area contributed by atoms with Crippen molar-refractivity contribution in [3.63, 3.8) is 0 Å². The average molecular weight is 379 g/mol. The molecule has 1 rings (SSSR count). The third-order valence-corrected chi connectivity index (χ3v) is 5.21. The van der Waals surface area contributed by atoms with Crippen LogP contribution in [0.15, 0.2) is 23.1 Å². The Hall–Kier alpha value is -0.860. The predicted molar refractivity (Wildman–Crippen MR) is 96.1 cm³/mol.